The maximum Gasteiger partial charge on any atom is 0.159 e. The van der Waals surface area contributed by atoms with E-state index >= 15 is 0 Å². The van der Waals surface area contributed by atoms with E-state index in [1.807, 2.05) is 12.3 Å². The zero-order chi connectivity index (χ0) is 16.4. The van der Waals surface area contributed by atoms with E-state index in [1.54, 1.807) is 0 Å². The summed E-state index contributed by atoms with van der Waals surface area (Å²) >= 11 is 0. The summed E-state index contributed by atoms with van der Waals surface area (Å²) in [5, 5.41) is 0. The second kappa shape index (κ2) is 6.60. The number of hydrogen-bond donors (Lipinski definition) is 0. The highest BCUT2D eigenvalue weighted by Crippen LogP contribution is 2.26. The van der Waals surface area contributed by atoms with E-state index in [0.717, 1.165) is 30.0 Å². The Labute approximate surface area is 139 Å². The van der Waals surface area contributed by atoms with Gasteiger partial charge in [0.2, 0.25) is 0 Å². The van der Waals surface area contributed by atoms with Crippen LogP contribution in [0.15, 0.2) is 18.3 Å². The average molecular weight is 314 g/mol. The summed E-state index contributed by atoms with van der Waals surface area (Å²) in [5.41, 5.74) is 2.34. The van der Waals surface area contributed by atoms with Gasteiger partial charge in [-0.05, 0) is 55.9 Å². The molecule has 1 aliphatic rings. The Morgan fingerprint density at radius 2 is 1.96 bits per heavy atom. The molecule has 0 aliphatic carbocycles. The molecule has 0 aromatic carbocycles. The second-order valence-corrected chi connectivity index (χ2v) is 8.10. The van der Waals surface area contributed by atoms with Crippen molar-refractivity contribution < 1.29 is 0 Å². The SMILES string of the molecule is CCN1CCC(Cn2c(CC(C)(C)C)nc3cccnc32)CC1. The summed E-state index contributed by atoms with van der Waals surface area (Å²) in [6.45, 7) is 13.8. The first-order chi connectivity index (χ1) is 11.0. The molecule has 0 saturated carbocycles. The number of piperidine rings is 1. The third-order valence-electron chi connectivity index (χ3n) is 4.87. The maximum absolute atomic E-state index is 4.88. The monoisotopic (exact) mass is 314 g/mol. The molecule has 0 N–H and O–H groups in total. The van der Waals surface area contributed by atoms with Crippen LogP contribution < -0.4 is 0 Å². The molecular formula is C19H30N4. The number of pyridine rings is 1. The zero-order valence-corrected chi connectivity index (χ0v) is 15.0. The molecule has 0 atom stereocenters. The van der Waals surface area contributed by atoms with Crippen molar-refractivity contribution in [1.82, 2.24) is 19.4 Å². The van der Waals surface area contributed by atoms with Crippen molar-refractivity contribution in [1.29, 1.82) is 0 Å². The standard InChI is InChI=1S/C19H30N4/c1-5-22-11-8-15(9-12-22)14-23-17(13-19(2,3)4)21-16-7-6-10-20-18(16)23/h6-7,10,15H,5,8-9,11-14H2,1-4H3. The van der Waals surface area contributed by atoms with Gasteiger partial charge < -0.3 is 9.47 Å². The quantitative estimate of drug-likeness (QED) is 0.862. The summed E-state index contributed by atoms with van der Waals surface area (Å²) in [6.07, 6.45) is 5.46. The molecule has 1 fully saturated rings. The Bertz CT molecular complexity index is 645. The molecule has 0 radical (unpaired) electrons. The Morgan fingerprint density at radius 1 is 1.22 bits per heavy atom. The summed E-state index contributed by atoms with van der Waals surface area (Å²) in [4.78, 5) is 12.1. The molecule has 2 aromatic rings. The van der Waals surface area contributed by atoms with Crippen LogP contribution in [-0.2, 0) is 13.0 Å². The molecule has 1 aliphatic heterocycles. The topological polar surface area (TPSA) is 34.0 Å². The Balaban J connectivity index is 1.84. The molecule has 0 amide bonds. The van der Waals surface area contributed by atoms with Gasteiger partial charge in [0.25, 0.3) is 0 Å². The molecule has 4 nitrogen and oxygen atoms in total. The average Bonchev–Trinajstić information content (AvgIpc) is 2.84. The summed E-state index contributed by atoms with van der Waals surface area (Å²) < 4.78 is 2.40. The van der Waals surface area contributed by atoms with Crippen LogP contribution in [0.5, 0.6) is 0 Å². The van der Waals surface area contributed by atoms with E-state index in [2.05, 4.69) is 48.2 Å². The number of fused-ring (bicyclic) bond motifs is 1. The van der Waals surface area contributed by atoms with Crippen molar-refractivity contribution >= 4 is 11.2 Å². The number of likely N-dealkylation sites (tertiary alicyclic amines) is 1. The largest absolute Gasteiger partial charge is 0.312 e. The third kappa shape index (κ3) is 3.92. The van der Waals surface area contributed by atoms with Crippen molar-refractivity contribution in [3.8, 4) is 0 Å². The van der Waals surface area contributed by atoms with Crippen molar-refractivity contribution in [2.24, 2.45) is 11.3 Å². The highest BCUT2D eigenvalue weighted by Gasteiger charge is 2.23. The molecule has 0 spiro atoms. The van der Waals surface area contributed by atoms with Crippen LogP contribution in [0.4, 0.5) is 0 Å². The number of imidazole rings is 1. The first kappa shape index (κ1) is 16.4. The predicted octanol–water partition coefficient (Wildman–Crippen LogP) is 3.75. The first-order valence-electron chi connectivity index (χ1n) is 8.99. The number of aromatic nitrogens is 3. The molecule has 2 aromatic heterocycles. The van der Waals surface area contributed by atoms with E-state index in [1.165, 1.54) is 38.3 Å². The van der Waals surface area contributed by atoms with E-state index in [9.17, 15) is 0 Å². The summed E-state index contributed by atoms with van der Waals surface area (Å²) in [5.74, 6) is 1.94. The van der Waals surface area contributed by atoms with Gasteiger partial charge in [0.15, 0.2) is 5.65 Å². The molecule has 126 valence electrons. The van der Waals surface area contributed by atoms with Crippen LogP contribution in [0.3, 0.4) is 0 Å². The summed E-state index contributed by atoms with van der Waals surface area (Å²) in [6, 6.07) is 4.07. The van der Waals surface area contributed by atoms with Crippen molar-refractivity contribution in [2.75, 3.05) is 19.6 Å². The van der Waals surface area contributed by atoms with E-state index in [4.69, 9.17) is 4.98 Å². The van der Waals surface area contributed by atoms with Crippen molar-refractivity contribution in [3.63, 3.8) is 0 Å². The molecule has 0 bridgehead atoms. The molecule has 0 unspecified atom stereocenters. The van der Waals surface area contributed by atoms with Gasteiger partial charge in [-0.1, -0.05) is 27.7 Å². The van der Waals surface area contributed by atoms with Gasteiger partial charge in [0, 0.05) is 19.2 Å². The highest BCUT2D eigenvalue weighted by molar-refractivity contribution is 5.71. The van der Waals surface area contributed by atoms with Gasteiger partial charge in [-0.2, -0.15) is 0 Å². The number of hydrogen-bond acceptors (Lipinski definition) is 3. The van der Waals surface area contributed by atoms with E-state index < -0.39 is 0 Å². The van der Waals surface area contributed by atoms with Crippen LogP contribution in [0.25, 0.3) is 11.2 Å². The first-order valence-corrected chi connectivity index (χ1v) is 8.99. The Hall–Kier alpha value is -1.42. The van der Waals surface area contributed by atoms with Gasteiger partial charge in [-0.15, -0.1) is 0 Å². The van der Waals surface area contributed by atoms with E-state index in [-0.39, 0.29) is 5.41 Å². The van der Waals surface area contributed by atoms with Crippen LogP contribution in [0, 0.1) is 11.3 Å². The lowest BCUT2D eigenvalue weighted by molar-refractivity contribution is 0.180. The van der Waals surface area contributed by atoms with Crippen molar-refractivity contribution in [3.05, 3.63) is 24.2 Å². The predicted molar refractivity (Wildman–Crippen MR) is 95.5 cm³/mol. The third-order valence-corrected chi connectivity index (χ3v) is 4.87. The lowest BCUT2D eigenvalue weighted by Crippen LogP contribution is -2.35. The molecule has 1 saturated heterocycles. The number of nitrogens with zero attached hydrogens (tertiary/aromatic N) is 4. The van der Waals surface area contributed by atoms with E-state index in [0.29, 0.717) is 0 Å². The molecule has 4 heteroatoms. The fourth-order valence-electron chi connectivity index (χ4n) is 3.55. The number of rotatable bonds is 4. The molecular weight excluding hydrogens is 284 g/mol. The van der Waals surface area contributed by atoms with Gasteiger partial charge in [0.05, 0.1) is 0 Å². The Kier molecular flexibility index (Phi) is 4.72. The minimum atomic E-state index is 0.241. The molecule has 23 heavy (non-hydrogen) atoms. The maximum atomic E-state index is 4.88. The smallest absolute Gasteiger partial charge is 0.159 e. The zero-order valence-electron chi connectivity index (χ0n) is 15.0. The van der Waals surface area contributed by atoms with Gasteiger partial charge in [0.1, 0.15) is 11.3 Å². The minimum Gasteiger partial charge on any atom is -0.312 e. The van der Waals surface area contributed by atoms with Crippen LogP contribution in [0.1, 0.15) is 46.4 Å². The lowest BCUT2D eigenvalue weighted by Gasteiger charge is -2.31. The van der Waals surface area contributed by atoms with Crippen LogP contribution >= 0.6 is 0 Å². The minimum absolute atomic E-state index is 0.241. The van der Waals surface area contributed by atoms with Gasteiger partial charge >= 0.3 is 0 Å². The fraction of sp³-hybridized carbons (Fsp3) is 0.684. The summed E-state index contributed by atoms with van der Waals surface area (Å²) in [7, 11) is 0. The van der Waals surface area contributed by atoms with Crippen LogP contribution in [-0.4, -0.2) is 39.1 Å². The Morgan fingerprint density at radius 3 is 2.61 bits per heavy atom. The lowest BCUT2D eigenvalue weighted by atomic mass is 9.91. The van der Waals surface area contributed by atoms with Gasteiger partial charge in [-0.3, -0.25) is 0 Å². The van der Waals surface area contributed by atoms with Crippen LogP contribution in [0.2, 0.25) is 0 Å². The second-order valence-electron chi connectivity index (χ2n) is 8.10. The van der Waals surface area contributed by atoms with Gasteiger partial charge in [-0.25, -0.2) is 9.97 Å². The van der Waals surface area contributed by atoms with Crippen molar-refractivity contribution in [2.45, 2.75) is 53.5 Å². The molecule has 3 heterocycles. The molecule has 3 rings (SSSR count). The highest BCUT2D eigenvalue weighted by atomic mass is 15.1. The fourth-order valence-corrected chi connectivity index (χ4v) is 3.55. The normalized spacial score (nSPS) is 17.9.